The standard InChI is InChI=1S/C16H13ClFNO4/c17-12-6-11(2-3-13(12)18)21-8-16(20)19-7-10-1-4-14-15(5-10)23-9-22-14/h1-6H,7-9H2,(H,19,20). The SMILES string of the molecule is O=C(COc1ccc(F)c(Cl)c1)NCc1ccc2c(c1)OCO2. The van der Waals surface area contributed by atoms with Crippen LogP contribution in [0.3, 0.4) is 0 Å². The van der Waals surface area contributed by atoms with Gasteiger partial charge in [0.1, 0.15) is 11.6 Å². The van der Waals surface area contributed by atoms with E-state index in [-0.39, 0.29) is 24.3 Å². The molecule has 0 radical (unpaired) electrons. The van der Waals surface area contributed by atoms with Gasteiger partial charge in [0.05, 0.1) is 5.02 Å². The van der Waals surface area contributed by atoms with Gasteiger partial charge in [-0.25, -0.2) is 4.39 Å². The third-order valence-electron chi connectivity index (χ3n) is 3.19. The first kappa shape index (κ1) is 15.4. The van der Waals surface area contributed by atoms with Gasteiger partial charge in [-0.1, -0.05) is 17.7 Å². The molecule has 1 N–H and O–H groups in total. The molecule has 0 unspecified atom stereocenters. The second-order valence-electron chi connectivity index (χ2n) is 4.83. The molecule has 0 bridgehead atoms. The number of halogens is 2. The summed E-state index contributed by atoms with van der Waals surface area (Å²) in [6.07, 6.45) is 0. The van der Waals surface area contributed by atoms with Crippen molar-refractivity contribution >= 4 is 17.5 Å². The molecule has 0 spiro atoms. The molecule has 1 aliphatic heterocycles. The van der Waals surface area contributed by atoms with Gasteiger partial charge in [0.2, 0.25) is 6.79 Å². The first-order chi connectivity index (χ1) is 11.1. The molecule has 0 saturated heterocycles. The zero-order chi connectivity index (χ0) is 16.2. The van der Waals surface area contributed by atoms with Crippen LogP contribution in [0.15, 0.2) is 36.4 Å². The van der Waals surface area contributed by atoms with Gasteiger partial charge in [-0.2, -0.15) is 0 Å². The van der Waals surface area contributed by atoms with Gasteiger partial charge >= 0.3 is 0 Å². The van der Waals surface area contributed by atoms with E-state index in [9.17, 15) is 9.18 Å². The lowest BCUT2D eigenvalue weighted by Gasteiger charge is -2.08. The molecule has 0 aliphatic carbocycles. The minimum Gasteiger partial charge on any atom is -0.484 e. The minimum absolute atomic E-state index is 0.0525. The summed E-state index contributed by atoms with van der Waals surface area (Å²) in [5.74, 6) is 0.842. The molecular formula is C16H13ClFNO4. The zero-order valence-corrected chi connectivity index (χ0v) is 12.7. The quantitative estimate of drug-likeness (QED) is 0.911. The largest absolute Gasteiger partial charge is 0.484 e. The maximum atomic E-state index is 13.0. The molecule has 1 amide bonds. The Hall–Kier alpha value is -2.47. The molecule has 0 atom stereocenters. The van der Waals surface area contributed by atoms with Gasteiger partial charge in [-0.05, 0) is 29.8 Å². The molecule has 1 aliphatic rings. The summed E-state index contributed by atoms with van der Waals surface area (Å²) in [5, 5.41) is 2.67. The summed E-state index contributed by atoms with van der Waals surface area (Å²) >= 11 is 5.64. The Morgan fingerprint density at radius 2 is 2.04 bits per heavy atom. The molecular weight excluding hydrogens is 325 g/mol. The first-order valence-electron chi connectivity index (χ1n) is 6.85. The molecule has 23 heavy (non-hydrogen) atoms. The number of fused-ring (bicyclic) bond motifs is 1. The molecule has 0 aromatic heterocycles. The van der Waals surface area contributed by atoms with E-state index in [4.69, 9.17) is 25.8 Å². The van der Waals surface area contributed by atoms with E-state index in [0.717, 1.165) is 5.56 Å². The van der Waals surface area contributed by atoms with E-state index in [2.05, 4.69) is 5.32 Å². The van der Waals surface area contributed by atoms with Crippen molar-refractivity contribution in [1.29, 1.82) is 0 Å². The molecule has 5 nitrogen and oxygen atoms in total. The van der Waals surface area contributed by atoms with Crippen LogP contribution < -0.4 is 19.5 Å². The van der Waals surface area contributed by atoms with Crippen LogP contribution >= 0.6 is 11.6 Å². The van der Waals surface area contributed by atoms with E-state index in [1.54, 1.807) is 6.07 Å². The van der Waals surface area contributed by atoms with Crippen molar-refractivity contribution in [1.82, 2.24) is 5.32 Å². The highest BCUT2D eigenvalue weighted by molar-refractivity contribution is 6.30. The van der Waals surface area contributed by atoms with Gasteiger partial charge < -0.3 is 19.5 Å². The number of rotatable bonds is 5. The van der Waals surface area contributed by atoms with Crippen LogP contribution in [0.5, 0.6) is 17.2 Å². The van der Waals surface area contributed by atoms with Gasteiger partial charge in [0.15, 0.2) is 18.1 Å². The second-order valence-corrected chi connectivity index (χ2v) is 5.24. The summed E-state index contributed by atoms with van der Waals surface area (Å²) in [6.45, 7) is 0.356. The Morgan fingerprint density at radius 3 is 2.87 bits per heavy atom. The fourth-order valence-electron chi connectivity index (χ4n) is 2.02. The molecule has 0 fully saturated rings. The smallest absolute Gasteiger partial charge is 0.258 e. The Labute approximate surface area is 136 Å². The predicted molar refractivity (Wildman–Crippen MR) is 81.3 cm³/mol. The summed E-state index contributed by atoms with van der Waals surface area (Å²) in [6, 6.07) is 9.36. The van der Waals surface area contributed by atoms with Gasteiger partial charge in [-0.3, -0.25) is 4.79 Å². The van der Waals surface area contributed by atoms with E-state index in [0.29, 0.717) is 23.8 Å². The Morgan fingerprint density at radius 1 is 1.22 bits per heavy atom. The third-order valence-corrected chi connectivity index (χ3v) is 3.48. The summed E-state index contributed by atoms with van der Waals surface area (Å²) < 4.78 is 28.8. The normalized spacial score (nSPS) is 12.1. The van der Waals surface area contributed by atoms with E-state index in [1.807, 2.05) is 12.1 Å². The monoisotopic (exact) mass is 337 g/mol. The predicted octanol–water partition coefficient (Wildman–Crippen LogP) is 2.90. The lowest BCUT2D eigenvalue weighted by atomic mass is 10.2. The fraction of sp³-hybridized carbons (Fsp3) is 0.188. The topological polar surface area (TPSA) is 56.8 Å². The molecule has 120 valence electrons. The van der Waals surface area contributed by atoms with Crippen molar-refractivity contribution in [2.45, 2.75) is 6.54 Å². The number of hydrogen-bond donors (Lipinski definition) is 1. The van der Waals surface area contributed by atoms with Gasteiger partial charge in [-0.15, -0.1) is 0 Å². The number of amides is 1. The molecule has 2 aromatic rings. The van der Waals surface area contributed by atoms with Crippen LogP contribution in [0.2, 0.25) is 5.02 Å². The molecule has 7 heteroatoms. The van der Waals surface area contributed by atoms with Crippen molar-refractivity contribution in [3.8, 4) is 17.2 Å². The highest BCUT2D eigenvalue weighted by Gasteiger charge is 2.13. The maximum absolute atomic E-state index is 13.0. The highest BCUT2D eigenvalue weighted by atomic mass is 35.5. The molecule has 1 heterocycles. The number of benzene rings is 2. The number of carbonyl (C=O) groups excluding carboxylic acids is 1. The summed E-state index contributed by atoms with van der Waals surface area (Å²) in [4.78, 5) is 11.8. The van der Waals surface area contributed by atoms with Crippen molar-refractivity contribution in [3.05, 3.63) is 52.8 Å². The molecule has 3 rings (SSSR count). The lowest BCUT2D eigenvalue weighted by Crippen LogP contribution is -2.28. The average molecular weight is 338 g/mol. The Bertz CT molecular complexity index is 738. The van der Waals surface area contributed by atoms with Crippen LogP contribution in [-0.2, 0) is 11.3 Å². The van der Waals surface area contributed by atoms with Crippen LogP contribution in [0, 0.1) is 5.82 Å². The van der Waals surface area contributed by atoms with E-state index < -0.39 is 5.82 Å². The Kier molecular flexibility index (Phi) is 4.52. The second kappa shape index (κ2) is 6.75. The van der Waals surface area contributed by atoms with Crippen LogP contribution in [0.25, 0.3) is 0 Å². The van der Waals surface area contributed by atoms with Crippen LogP contribution in [-0.4, -0.2) is 19.3 Å². The van der Waals surface area contributed by atoms with E-state index >= 15 is 0 Å². The van der Waals surface area contributed by atoms with Crippen LogP contribution in [0.4, 0.5) is 4.39 Å². The third kappa shape index (κ3) is 3.84. The van der Waals surface area contributed by atoms with Crippen molar-refractivity contribution in [2.75, 3.05) is 13.4 Å². The van der Waals surface area contributed by atoms with Crippen LogP contribution in [0.1, 0.15) is 5.56 Å². The number of hydrogen-bond acceptors (Lipinski definition) is 4. The highest BCUT2D eigenvalue weighted by Crippen LogP contribution is 2.32. The number of nitrogens with one attached hydrogen (secondary N) is 1. The lowest BCUT2D eigenvalue weighted by molar-refractivity contribution is -0.123. The zero-order valence-electron chi connectivity index (χ0n) is 12.0. The first-order valence-corrected chi connectivity index (χ1v) is 7.23. The fourth-order valence-corrected chi connectivity index (χ4v) is 2.19. The van der Waals surface area contributed by atoms with Crippen molar-refractivity contribution < 1.29 is 23.4 Å². The van der Waals surface area contributed by atoms with Gasteiger partial charge in [0, 0.05) is 12.6 Å². The number of carbonyl (C=O) groups is 1. The summed E-state index contributed by atoms with van der Waals surface area (Å²) in [7, 11) is 0. The number of ether oxygens (including phenoxy) is 3. The molecule has 2 aromatic carbocycles. The minimum atomic E-state index is -0.536. The summed E-state index contributed by atoms with van der Waals surface area (Å²) in [5.41, 5.74) is 0.882. The molecule has 0 saturated carbocycles. The van der Waals surface area contributed by atoms with E-state index in [1.165, 1.54) is 18.2 Å². The Balaban J connectivity index is 1.48. The van der Waals surface area contributed by atoms with Crippen molar-refractivity contribution in [2.24, 2.45) is 0 Å². The van der Waals surface area contributed by atoms with Gasteiger partial charge in [0.25, 0.3) is 5.91 Å². The average Bonchev–Trinajstić information content (AvgIpc) is 3.01. The maximum Gasteiger partial charge on any atom is 0.258 e. The van der Waals surface area contributed by atoms with Crippen molar-refractivity contribution in [3.63, 3.8) is 0 Å².